The first kappa shape index (κ1) is 18.5. The molecule has 0 spiro atoms. The predicted octanol–water partition coefficient (Wildman–Crippen LogP) is 2.85. The molecule has 2 rings (SSSR count). The summed E-state index contributed by atoms with van der Waals surface area (Å²) in [6.07, 6.45) is 0. The van der Waals surface area contributed by atoms with E-state index in [4.69, 9.17) is 9.47 Å². The van der Waals surface area contributed by atoms with Gasteiger partial charge in [-0.2, -0.15) is 0 Å². The van der Waals surface area contributed by atoms with Crippen LogP contribution in [0.3, 0.4) is 0 Å². The Bertz CT molecular complexity index is 751. The quantitative estimate of drug-likeness (QED) is 0.622. The number of nitrogens with zero attached hydrogens (tertiary/aromatic N) is 1. The van der Waals surface area contributed by atoms with E-state index < -0.39 is 11.6 Å². The van der Waals surface area contributed by atoms with Crippen molar-refractivity contribution in [1.29, 1.82) is 0 Å². The van der Waals surface area contributed by atoms with E-state index in [2.05, 4.69) is 15.6 Å². The summed E-state index contributed by atoms with van der Waals surface area (Å²) in [7, 11) is 4.77. The summed E-state index contributed by atoms with van der Waals surface area (Å²) in [4.78, 5) is 4.07. The average Bonchev–Trinajstić information content (AvgIpc) is 2.64. The van der Waals surface area contributed by atoms with Crippen LogP contribution in [0.4, 0.5) is 8.78 Å². The zero-order valence-electron chi connectivity index (χ0n) is 14.4. The average molecular weight is 349 g/mol. The van der Waals surface area contributed by atoms with Crippen LogP contribution in [0, 0.1) is 11.6 Å². The molecule has 25 heavy (non-hydrogen) atoms. The molecule has 0 fully saturated rings. The minimum atomic E-state index is -0.482. The van der Waals surface area contributed by atoms with Crippen molar-refractivity contribution in [2.75, 3.05) is 21.3 Å². The molecular weight excluding hydrogens is 328 g/mol. The molecule has 0 aliphatic carbocycles. The highest BCUT2D eigenvalue weighted by atomic mass is 19.1. The Morgan fingerprint density at radius 1 is 0.960 bits per heavy atom. The van der Waals surface area contributed by atoms with Crippen molar-refractivity contribution in [3.8, 4) is 11.5 Å². The van der Waals surface area contributed by atoms with E-state index in [1.807, 2.05) is 12.1 Å². The number of nitrogens with one attached hydrogen (secondary N) is 2. The van der Waals surface area contributed by atoms with Gasteiger partial charge < -0.3 is 20.1 Å². The number of rotatable bonds is 6. The van der Waals surface area contributed by atoms with Crippen LogP contribution in [0.25, 0.3) is 0 Å². The highest BCUT2D eigenvalue weighted by molar-refractivity contribution is 5.79. The van der Waals surface area contributed by atoms with Gasteiger partial charge in [0.1, 0.15) is 23.1 Å². The summed E-state index contributed by atoms with van der Waals surface area (Å²) < 4.78 is 37.4. The van der Waals surface area contributed by atoms with Crippen LogP contribution in [0.1, 0.15) is 11.1 Å². The summed E-state index contributed by atoms with van der Waals surface area (Å²) in [6.45, 7) is 0.557. The molecule has 0 aromatic heterocycles. The number of aliphatic imine (C=N–C) groups is 1. The molecule has 2 aromatic carbocycles. The lowest BCUT2D eigenvalue weighted by Crippen LogP contribution is -2.36. The van der Waals surface area contributed by atoms with E-state index in [0.717, 1.165) is 23.8 Å². The zero-order chi connectivity index (χ0) is 18.2. The molecule has 0 unspecified atom stereocenters. The van der Waals surface area contributed by atoms with Crippen molar-refractivity contribution in [3.63, 3.8) is 0 Å². The summed E-state index contributed by atoms with van der Waals surface area (Å²) in [5, 5.41) is 6.05. The highest BCUT2D eigenvalue weighted by Gasteiger charge is 2.08. The molecule has 0 saturated heterocycles. The highest BCUT2D eigenvalue weighted by Crippen LogP contribution is 2.24. The Hall–Kier alpha value is -2.83. The summed E-state index contributed by atoms with van der Waals surface area (Å²) in [5.41, 5.74) is 1.13. The lowest BCUT2D eigenvalue weighted by atomic mass is 10.2. The Morgan fingerprint density at radius 3 is 2.32 bits per heavy atom. The van der Waals surface area contributed by atoms with E-state index in [-0.39, 0.29) is 12.1 Å². The third-order valence-corrected chi connectivity index (χ3v) is 3.62. The third-order valence-electron chi connectivity index (χ3n) is 3.62. The van der Waals surface area contributed by atoms with Crippen LogP contribution < -0.4 is 20.1 Å². The SMILES string of the molecule is CN=C(NCc1cc(F)ccc1F)NCc1ccc(OC)cc1OC. The van der Waals surface area contributed by atoms with Crippen LogP contribution in [-0.4, -0.2) is 27.2 Å². The van der Waals surface area contributed by atoms with E-state index in [9.17, 15) is 8.78 Å². The number of hydrogen-bond acceptors (Lipinski definition) is 3. The minimum Gasteiger partial charge on any atom is -0.497 e. The second-order valence-corrected chi connectivity index (χ2v) is 5.19. The van der Waals surface area contributed by atoms with Crippen LogP contribution in [-0.2, 0) is 13.1 Å². The number of guanidine groups is 1. The molecule has 5 nitrogen and oxygen atoms in total. The first-order valence-electron chi connectivity index (χ1n) is 7.66. The smallest absolute Gasteiger partial charge is 0.191 e. The fourth-order valence-electron chi connectivity index (χ4n) is 2.26. The molecule has 2 N–H and O–H groups in total. The minimum absolute atomic E-state index is 0.114. The molecule has 7 heteroatoms. The molecule has 0 saturated carbocycles. The zero-order valence-corrected chi connectivity index (χ0v) is 14.4. The van der Waals surface area contributed by atoms with Gasteiger partial charge in [0.15, 0.2) is 5.96 Å². The topological polar surface area (TPSA) is 54.9 Å². The number of ether oxygens (including phenoxy) is 2. The molecule has 134 valence electrons. The Labute approximate surface area is 145 Å². The summed E-state index contributed by atoms with van der Waals surface area (Å²) in [5.74, 6) is 0.884. The lowest BCUT2D eigenvalue weighted by Gasteiger charge is -2.14. The van der Waals surface area contributed by atoms with Gasteiger partial charge in [-0.3, -0.25) is 4.99 Å². The lowest BCUT2D eigenvalue weighted by molar-refractivity contribution is 0.390. The Balaban J connectivity index is 1.98. The van der Waals surface area contributed by atoms with Crippen LogP contribution in [0.15, 0.2) is 41.4 Å². The molecule has 0 aliphatic heterocycles. The largest absolute Gasteiger partial charge is 0.497 e. The second kappa shape index (κ2) is 8.86. The van der Waals surface area contributed by atoms with Gasteiger partial charge in [-0.15, -0.1) is 0 Å². The third kappa shape index (κ3) is 5.07. The molecule has 0 amide bonds. The monoisotopic (exact) mass is 349 g/mol. The van der Waals surface area contributed by atoms with Crippen molar-refractivity contribution in [3.05, 3.63) is 59.2 Å². The van der Waals surface area contributed by atoms with Crippen LogP contribution >= 0.6 is 0 Å². The van der Waals surface area contributed by atoms with E-state index in [1.165, 1.54) is 0 Å². The van der Waals surface area contributed by atoms with E-state index in [0.29, 0.717) is 24.0 Å². The first-order valence-corrected chi connectivity index (χ1v) is 7.66. The number of methoxy groups -OCH3 is 2. The van der Waals surface area contributed by atoms with Crippen molar-refractivity contribution >= 4 is 5.96 Å². The number of hydrogen-bond donors (Lipinski definition) is 2. The van der Waals surface area contributed by atoms with Gasteiger partial charge in [0.05, 0.1) is 14.2 Å². The van der Waals surface area contributed by atoms with Crippen LogP contribution in [0.5, 0.6) is 11.5 Å². The molecule has 2 aromatic rings. The maximum atomic E-state index is 13.6. The van der Waals surface area contributed by atoms with Crippen LogP contribution in [0.2, 0.25) is 0 Å². The molecule has 0 aliphatic rings. The van der Waals surface area contributed by atoms with Gasteiger partial charge in [0, 0.05) is 37.3 Å². The van der Waals surface area contributed by atoms with Gasteiger partial charge in [-0.25, -0.2) is 8.78 Å². The van der Waals surface area contributed by atoms with E-state index >= 15 is 0 Å². The van der Waals surface area contributed by atoms with Gasteiger partial charge in [-0.05, 0) is 30.3 Å². The molecule has 0 atom stereocenters. The van der Waals surface area contributed by atoms with Crippen molar-refractivity contribution in [2.24, 2.45) is 4.99 Å². The van der Waals surface area contributed by atoms with Gasteiger partial charge in [0.2, 0.25) is 0 Å². The fraction of sp³-hybridized carbons (Fsp3) is 0.278. The molecular formula is C18H21F2N3O2. The van der Waals surface area contributed by atoms with E-state index in [1.54, 1.807) is 27.3 Å². The Kier molecular flexibility index (Phi) is 6.56. The summed E-state index contributed by atoms with van der Waals surface area (Å²) in [6, 6.07) is 8.84. The molecule has 0 heterocycles. The number of halogens is 2. The molecule has 0 bridgehead atoms. The van der Waals surface area contributed by atoms with Crippen molar-refractivity contribution < 1.29 is 18.3 Å². The number of benzene rings is 2. The standard InChI is InChI=1S/C18H21F2N3O2/c1-21-18(23-11-13-8-14(19)5-7-16(13)20)22-10-12-4-6-15(24-2)9-17(12)25-3/h4-9H,10-11H2,1-3H3,(H2,21,22,23). The van der Waals surface area contributed by atoms with Gasteiger partial charge in [0.25, 0.3) is 0 Å². The van der Waals surface area contributed by atoms with Gasteiger partial charge in [-0.1, -0.05) is 0 Å². The Morgan fingerprint density at radius 2 is 1.68 bits per heavy atom. The van der Waals surface area contributed by atoms with Gasteiger partial charge >= 0.3 is 0 Å². The summed E-state index contributed by atoms with van der Waals surface area (Å²) >= 11 is 0. The second-order valence-electron chi connectivity index (χ2n) is 5.19. The molecule has 0 radical (unpaired) electrons. The normalized spacial score (nSPS) is 11.2. The predicted molar refractivity (Wildman–Crippen MR) is 92.9 cm³/mol. The maximum Gasteiger partial charge on any atom is 0.191 e. The fourth-order valence-corrected chi connectivity index (χ4v) is 2.26. The van der Waals surface area contributed by atoms with Crippen molar-refractivity contribution in [1.82, 2.24) is 10.6 Å². The first-order chi connectivity index (χ1) is 12.1. The van der Waals surface area contributed by atoms with Crippen molar-refractivity contribution in [2.45, 2.75) is 13.1 Å². The maximum absolute atomic E-state index is 13.6.